The van der Waals surface area contributed by atoms with E-state index in [1.54, 1.807) is 0 Å². The van der Waals surface area contributed by atoms with Crippen molar-refractivity contribution in [2.24, 2.45) is 0 Å². The summed E-state index contributed by atoms with van der Waals surface area (Å²) in [6.07, 6.45) is 1.83. The summed E-state index contributed by atoms with van der Waals surface area (Å²) < 4.78 is 16.9. The number of likely N-dealkylation sites (tertiary alicyclic amines) is 1. The molecule has 0 N–H and O–H groups in total. The van der Waals surface area contributed by atoms with Gasteiger partial charge in [-0.1, -0.05) is 41.6 Å². The number of hydrogen-bond acceptors (Lipinski definition) is 6. The zero-order valence-electron chi connectivity index (χ0n) is 18.3. The molecule has 0 aliphatic carbocycles. The number of aromatic nitrogens is 2. The number of pyridine rings is 1. The minimum Gasteiger partial charge on any atom is -0.486 e. The monoisotopic (exact) mass is 441 g/mol. The minimum atomic E-state index is -0.0386. The van der Waals surface area contributed by atoms with Gasteiger partial charge in [0, 0.05) is 12.1 Å². The van der Waals surface area contributed by atoms with Crippen molar-refractivity contribution in [3.8, 4) is 22.8 Å². The first kappa shape index (κ1) is 19.8. The highest BCUT2D eigenvalue weighted by molar-refractivity contribution is 6.07. The zero-order valence-corrected chi connectivity index (χ0v) is 18.3. The van der Waals surface area contributed by atoms with Gasteiger partial charge in [0.2, 0.25) is 0 Å². The summed E-state index contributed by atoms with van der Waals surface area (Å²) in [4.78, 5) is 20.5. The average Bonchev–Trinajstić information content (AvgIpc) is 3.50. The molecule has 2 aliphatic rings. The number of fused-ring (bicyclic) bond motifs is 2. The van der Waals surface area contributed by atoms with Crippen LogP contribution in [0.5, 0.6) is 11.5 Å². The highest BCUT2D eigenvalue weighted by atomic mass is 16.6. The zero-order chi connectivity index (χ0) is 22.4. The third-order valence-electron chi connectivity index (χ3n) is 6.38. The number of nitrogens with zero attached hydrogens (tertiary/aromatic N) is 3. The van der Waals surface area contributed by atoms with Crippen LogP contribution < -0.4 is 9.47 Å². The van der Waals surface area contributed by atoms with E-state index in [0.717, 1.165) is 35.5 Å². The molecule has 1 atom stereocenters. The van der Waals surface area contributed by atoms with Crippen LogP contribution in [0.3, 0.4) is 0 Å². The van der Waals surface area contributed by atoms with Crippen molar-refractivity contribution < 1.29 is 18.8 Å². The molecule has 7 nitrogen and oxygen atoms in total. The largest absolute Gasteiger partial charge is 0.486 e. The lowest BCUT2D eigenvalue weighted by Crippen LogP contribution is -2.31. The summed E-state index contributed by atoms with van der Waals surface area (Å²) in [6, 6.07) is 17.6. The maximum Gasteiger partial charge on any atom is 0.259 e. The van der Waals surface area contributed by atoms with Gasteiger partial charge in [0.05, 0.1) is 28.4 Å². The molecule has 1 saturated heterocycles. The molecule has 6 rings (SSSR count). The van der Waals surface area contributed by atoms with Gasteiger partial charge in [0.25, 0.3) is 11.6 Å². The normalized spacial score (nSPS) is 17.5. The van der Waals surface area contributed by atoms with E-state index in [2.05, 4.69) is 10.1 Å². The van der Waals surface area contributed by atoms with E-state index in [4.69, 9.17) is 14.0 Å². The van der Waals surface area contributed by atoms with Crippen molar-refractivity contribution in [1.29, 1.82) is 0 Å². The Kier molecular flexibility index (Phi) is 4.75. The van der Waals surface area contributed by atoms with E-state index in [1.807, 2.05) is 66.4 Å². The molecule has 2 aromatic carbocycles. The molecule has 1 fully saturated rings. The number of aryl methyl sites for hydroxylation is 1. The van der Waals surface area contributed by atoms with E-state index in [9.17, 15) is 4.79 Å². The van der Waals surface area contributed by atoms with Crippen molar-refractivity contribution in [3.05, 3.63) is 71.4 Å². The topological polar surface area (TPSA) is 77.7 Å². The van der Waals surface area contributed by atoms with Crippen LogP contribution in [0.1, 0.15) is 40.5 Å². The fourth-order valence-electron chi connectivity index (χ4n) is 4.80. The fourth-order valence-corrected chi connectivity index (χ4v) is 4.80. The molecular formula is C26H23N3O4. The number of carbonyl (C=O) groups excluding carboxylic acids is 1. The molecule has 33 heavy (non-hydrogen) atoms. The molecule has 4 heterocycles. The lowest BCUT2D eigenvalue weighted by Gasteiger charge is -2.27. The Morgan fingerprint density at radius 3 is 2.70 bits per heavy atom. The maximum absolute atomic E-state index is 13.9. The number of carbonyl (C=O) groups is 1. The Morgan fingerprint density at radius 1 is 1.03 bits per heavy atom. The van der Waals surface area contributed by atoms with E-state index in [1.165, 1.54) is 0 Å². The summed E-state index contributed by atoms with van der Waals surface area (Å²) in [6.45, 7) is 3.62. The highest BCUT2D eigenvalue weighted by Gasteiger charge is 2.33. The van der Waals surface area contributed by atoms with E-state index >= 15 is 0 Å². The smallest absolute Gasteiger partial charge is 0.259 e. The van der Waals surface area contributed by atoms with Crippen LogP contribution in [0.2, 0.25) is 0 Å². The first-order valence-electron chi connectivity index (χ1n) is 11.2. The second kappa shape index (κ2) is 7.92. The van der Waals surface area contributed by atoms with E-state index < -0.39 is 0 Å². The molecule has 7 heteroatoms. The third-order valence-corrected chi connectivity index (χ3v) is 6.38. The summed E-state index contributed by atoms with van der Waals surface area (Å²) in [5.74, 6) is 1.46. The van der Waals surface area contributed by atoms with Crippen LogP contribution in [0, 0.1) is 6.92 Å². The number of hydrogen-bond donors (Lipinski definition) is 0. The standard InChI is InChI=1S/C26H23N3O4/c1-16-24-19(15-20(27-25(24)33-28-16)17-6-3-2-4-7-17)26(30)29-11-5-8-21(29)18-9-10-22-23(14-18)32-13-12-31-22/h2-4,6-7,9-10,14-15,21H,5,8,11-13H2,1H3. The van der Waals surface area contributed by atoms with Crippen molar-refractivity contribution in [2.75, 3.05) is 19.8 Å². The van der Waals surface area contributed by atoms with Gasteiger partial charge in [-0.15, -0.1) is 0 Å². The Balaban J connectivity index is 1.41. The molecule has 2 aromatic heterocycles. The third kappa shape index (κ3) is 3.40. The predicted molar refractivity (Wildman–Crippen MR) is 122 cm³/mol. The Labute approximate surface area is 190 Å². The molecule has 166 valence electrons. The number of rotatable bonds is 3. The fraction of sp³-hybridized carbons (Fsp3) is 0.269. The molecule has 0 radical (unpaired) electrons. The summed E-state index contributed by atoms with van der Waals surface area (Å²) in [5.41, 5.74) is 4.29. The van der Waals surface area contributed by atoms with Crippen molar-refractivity contribution >= 4 is 17.0 Å². The average molecular weight is 441 g/mol. The first-order valence-corrected chi connectivity index (χ1v) is 11.2. The molecule has 0 spiro atoms. The van der Waals surface area contributed by atoms with Gasteiger partial charge in [-0.3, -0.25) is 4.79 Å². The summed E-state index contributed by atoms with van der Waals surface area (Å²) in [5, 5.41) is 4.76. The minimum absolute atomic E-state index is 0.0307. The second-order valence-corrected chi connectivity index (χ2v) is 8.43. The van der Waals surface area contributed by atoms with Gasteiger partial charge >= 0.3 is 0 Å². The van der Waals surface area contributed by atoms with Gasteiger partial charge in [-0.2, -0.15) is 0 Å². The van der Waals surface area contributed by atoms with Crippen molar-refractivity contribution in [3.63, 3.8) is 0 Å². The number of ether oxygens (including phenoxy) is 2. The lowest BCUT2D eigenvalue weighted by molar-refractivity contribution is 0.0737. The van der Waals surface area contributed by atoms with Crippen molar-refractivity contribution in [1.82, 2.24) is 15.0 Å². The van der Waals surface area contributed by atoms with Gasteiger partial charge in [0.1, 0.15) is 13.2 Å². The van der Waals surface area contributed by atoms with Gasteiger partial charge in [0.15, 0.2) is 11.5 Å². The van der Waals surface area contributed by atoms with Crippen LogP contribution in [0.4, 0.5) is 0 Å². The van der Waals surface area contributed by atoms with Gasteiger partial charge in [-0.05, 0) is 43.5 Å². The van der Waals surface area contributed by atoms with Crippen LogP contribution in [-0.2, 0) is 0 Å². The number of benzene rings is 2. The summed E-state index contributed by atoms with van der Waals surface area (Å²) >= 11 is 0. The number of amides is 1. The first-order chi connectivity index (χ1) is 16.2. The van der Waals surface area contributed by atoms with Crippen LogP contribution in [0.15, 0.2) is 59.1 Å². The maximum atomic E-state index is 13.9. The molecule has 2 aliphatic heterocycles. The molecule has 4 aromatic rings. The van der Waals surface area contributed by atoms with Crippen LogP contribution in [0.25, 0.3) is 22.4 Å². The quantitative estimate of drug-likeness (QED) is 0.448. The van der Waals surface area contributed by atoms with Gasteiger partial charge < -0.3 is 18.9 Å². The van der Waals surface area contributed by atoms with Crippen LogP contribution >= 0.6 is 0 Å². The lowest BCUT2D eigenvalue weighted by atomic mass is 10.0. The Hall–Kier alpha value is -3.87. The molecular weight excluding hydrogens is 418 g/mol. The molecule has 1 amide bonds. The molecule has 0 bridgehead atoms. The van der Waals surface area contributed by atoms with Crippen LogP contribution in [-0.4, -0.2) is 40.7 Å². The van der Waals surface area contributed by atoms with Crippen molar-refractivity contribution in [2.45, 2.75) is 25.8 Å². The molecule has 0 saturated carbocycles. The van der Waals surface area contributed by atoms with E-state index in [0.29, 0.717) is 47.8 Å². The van der Waals surface area contributed by atoms with E-state index in [-0.39, 0.29) is 11.9 Å². The second-order valence-electron chi connectivity index (χ2n) is 8.43. The summed E-state index contributed by atoms with van der Waals surface area (Å²) in [7, 11) is 0. The Bertz CT molecular complexity index is 1350. The molecule has 1 unspecified atom stereocenters. The predicted octanol–water partition coefficient (Wildman–Crippen LogP) is 4.95. The highest BCUT2D eigenvalue weighted by Crippen LogP contribution is 2.39. The SMILES string of the molecule is Cc1noc2nc(-c3ccccc3)cc(C(=O)N3CCCC3c3ccc4c(c3)OCCO4)c12. The Morgan fingerprint density at radius 2 is 1.85 bits per heavy atom. The van der Waals surface area contributed by atoms with Gasteiger partial charge in [-0.25, -0.2) is 4.98 Å².